The molecule has 1 fully saturated rings. The Bertz CT molecular complexity index is 840. The second-order valence-corrected chi connectivity index (χ2v) is 6.64. The molecule has 2 aromatic rings. The zero-order valence-electron chi connectivity index (χ0n) is 13.4. The molecule has 1 aliphatic heterocycles. The van der Waals surface area contributed by atoms with E-state index in [4.69, 9.17) is 14.3 Å². The second kappa shape index (κ2) is 7.78. The molecule has 1 aromatic heterocycles. The number of aliphatic hydroxyl groups excluding tert-OH is 1. The average Bonchev–Trinajstić information content (AvgIpc) is 2.92. The van der Waals surface area contributed by atoms with E-state index in [0.29, 0.717) is 13.0 Å². The Kier molecular flexibility index (Phi) is 5.65. The molecule has 1 aromatic carbocycles. The Morgan fingerprint density at radius 3 is 2.88 bits per heavy atom. The topological polar surface area (TPSA) is 54.6 Å². The molecule has 0 bridgehead atoms. The molecular weight excluding hydrogens is 374 g/mol. The number of hydrogen-bond donors (Lipinski definition) is 2. The minimum absolute atomic E-state index is 0.0761. The van der Waals surface area contributed by atoms with Gasteiger partial charge in [0.25, 0.3) is 0 Å². The van der Waals surface area contributed by atoms with Gasteiger partial charge in [0.15, 0.2) is 17.1 Å². The highest BCUT2D eigenvalue weighted by atomic mass is 32.2. The molecule has 0 unspecified atom stereocenters. The van der Waals surface area contributed by atoms with Gasteiger partial charge in [0.1, 0.15) is 18.9 Å². The lowest BCUT2D eigenvalue weighted by Gasteiger charge is -2.27. The van der Waals surface area contributed by atoms with Crippen LogP contribution in [0.25, 0.3) is 11.0 Å². The van der Waals surface area contributed by atoms with Gasteiger partial charge in [0.2, 0.25) is 0 Å². The van der Waals surface area contributed by atoms with Crippen molar-refractivity contribution in [2.24, 2.45) is 0 Å². The van der Waals surface area contributed by atoms with Gasteiger partial charge in [-0.15, -0.1) is 0 Å². The van der Waals surface area contributed by atoms with Crippen molar-refractivity contribution in [2.45, 2.75) is 29.1 Å². The summed E-state index contributed by atoms with van der Waals surface area (Å²) in [5.74, 6) is 4.62. The van der Waals surface area contributed by atoms with E-state index in [1.807, 2.05) is 0 Å². The number of hydrogen-bond acceptors (Lipinski definition) is 5. The molecule has 0 aliphatic carbocycles. The van der Waals surface area contributed by atoms with Crippen LogP contribution in [0.4, 0.5) is 17.6 Å². The monoisotopic (exact) mass is 389 g/mol. The second-order valence-electron chi connectivity index (χ2n) is 5.57. The first-order valence-electron chi connectivity index (χ1n) is 7.81. The quantitative estimate of drug-likeness (QED) is 0.478. The minimum Gasteiger partial charge on any atom is -0.483 e. The number of piperidine rings is 1. The van der Waals surface area contributed by atoms with E-state index < -0.39 is 24.4 Å². The largest absolute Gasteiger partial charge is 0.483 e. The van der Waals surface area contributed by atoms with Gasteiger partial charge in [-0.1, -0.05) is 12.0 Å². The van der Waals surface area contributed by atoms with Crippen LogP contribution in [-0.4, -0.2) is 42.6 Å². The Morgan fingerprint density at radius 1 is 1.38 bits per heavy atom. The number of thioether (sulfide) groups is 1. The number of alkyl halides is 4. The summed E-state index contributed by atoms with van der Waals surface area (Å²) in [4.78, 5) is -0.207. The van der Waals surface area contributed by atoms with Crippen molar-refractivity contribution >= 4 is 22.7 Å². The highest BCUT2D eigenvalue weighted by Gasteiger charge is 2.34. The van der Waals surface area contributed by atoms with Gasteiger partial charge < -0.3 is 19.6 Å². The summed E-state index contributed by atoms with van der Waals surface area (Å²) in [5, 5.41) is 11.9. The first-order chi connectivity index (χ1) is 12.4. The van der Waals surface area contributed by atoms with E-state index in [1.54, 1.807) is 0 Å². The van der Waals surface area contributed by atoms with Crippen LogP contribution in [0.2, 0.25) is 0 Å². The number of furan rings is 1. The van der Waals surface area contributed by atoms with Gasteiger partial charge in [0.05, 0.1) is 4.90 Å². The van der Waals surface area contributed by atoms with Crippen LogP contribution in [0.5, 0.6) is 5.75 Å². The fourth-order valence-electron chi connectivity index (χ4n) is 2.67. The standard InChI is InChI=1S/C17H15F4NO3S/c18-11-9-22-7-6-12(11)24-13-4-1-3-10-15(13)25-14(5-2-8-23)16(10)26-17(19,20)21/h1,3-4,11-12,22-23H,6-9H2/t11-,12+/m0/s1. The third-order valence-electron chi connectivity index (χ3n) is 3.76. The molecule has 0 spiro atoms. The van der Waals surface area contributed by atoms with E-state index in [2.05, 4.69) is 17.2 Å². The third kappa shape index (κ3) is 4.26. The fourth-order valence-corrected chi connectivity index (χ4v) is 3.36. The van der Waals surface area contributed by atoms with Gasteiger partial charge in [-0.25, -0.2) is 4.39 Å². The molecule has 4 nitrogen and oxygen atoms in total. The molecule has 2 N–H and O–H groups in total. The van der Waals surface area contributed by atoms with Crippen LogP contribution in [-0.2, 0) is 0 Å². The maximum Gasteiger partial charge on any atom is 0.446 e. The normalized spacial score (nSPS) is 20.7. The smallest absolute Gasteiger partial charge is 0.446 e. The summed E-state index contributed by atoms with van der Waals surface area (Å²) < 4.78 is 63.9. The van der Waals surface area contributed by atoms with Crippen LogP contribution in [0, 0.1) is 11.8 Å². The molecular formula is C17H15F4NO3S. The van der Waals surface area contributed by atoms with Gasteiger partial charge in [-0.3, -0.25) is 0 Å². The number of halogens is 4. The predicted molar refractivity (Wildman–Crippen MR) is 88.9 cm³/mol. The lowest BCUT2D eigenvalue weighted by atomic mass is 10.1. The fraction of sp³-hybridized carbons (Fsp3) is 0.412. The zero-order chi connectivity index (χ0) is 18.7. The molecule has 140 valence electrons. The molecule has 1 aliphatic rings. The number of ether oxygens (including phenoxy) is 1. The summed E-state index contributed by atoms with van der Waals surface area (Å²) in [6, 6.07) is 4.50. The van der Waals surface area contributed by atoms with Crippen molar-refractivity contribution < 1.29 is 31.8 Å². The van der Waals surface area contributed by atoms with Crippen molar-refractivity contribution in [3.8, 4) is 17.6 Å². The van der Waals surface area contributed by atoms with Crippen molar-refractivity contribution in [3.63, 3.8) is 0 Å². The summed E-state index contributed by atoms with van der Waals surface area (Å²) in [5.41, 5.74) is -4.46. The maximum absolute atomic E-state index is 14.0. The molecule has 2 heterocycles. The molecule has 1 saturated heterocycles. The first-order valence-corrected chi connectivity index (χ1v) is 8.63. The van der Waals surface area contributed by atoms with Crippen molar-refractivity contribution in [2.75, 3.05) is 19.7 Å². The Morgan fingerprint density at radius 2 is 2.19 bits per heavy atom. The summed E-state index contributed by atoms with van der Waals surface area (Å²) in [6.45, 7) is 0.220. The summed E-state index contributed by atoms with van der Waals surface area (Å²) in [6.07, 6.45) is -1.51. The lowest BCUT2D eigenvalue weighted by molar-refractivity contribution is -0.0328. The van der Waals surface area contributed by atoms with E-state index in [1.165, 1.54) is 18.2 Å². The molecule has 0 radical (unpaired) electrons. The van der Waals surface area contributed by atoms with Crippen molar-refractivity contribution in [3.05, 3.63) is 24.0 Å². The van der Waals surface area contributed by atoms with Crippen LogP contribution in [0.1, 0.15) is 12.2 Å². The minimum atomic E-state index is -4.54. The maximum atomic E-state index is 14.0. The number of fused-ring (bicyclic) bond motifs is 1. The summed E-state index contributed by atoms with van der Waals surface area (Å²) >= 11 is -0.348. The van der Waals surface area contributed by atoms with Gasteiger partial charge in [-0.2, -0.15) is 13.2 Å². The molecule has 2 atom stereocenters. The van der Waals surface area contributed by atoms with Gasteiger partial charge >= 0.3 is 5.51 Å². The number of nitrogens with one attached hydrogen (secondary N) is 1. The molecule has 0 amide bonds. The SMILES string of the molecule is OCC#Cc1oc2c(O[C@@H]3CCNC[C@@H]3F)cccc2c1SC(F)(F)F. The van der Waals surface area contributed by atoms with Crippen LogP contribution < -0.4 is 10.1 Å². The average molecular weight is 389 g/mol. The highest BCUT2D eigenvalue weighted by Crippen LogP contribution is 2.45. The van der Waals surface area contributed by atoms with Crippen molar-refractivity contribution in [1.29, 1.82) is 0 Å². The van der Waals surface area contributed by atoms with E-state index >= 15 is 0 Å². The Hall–Kier alpha value is -1.89. The van der Waals surface area contributed by atoms with Crippen molar-refractivity contribution in [1.82, 2.24) is 5.32 Å². The number of rotatable bonds is 3. The van der Waals surface area contributed by atoms with Crippen LogP contribution in [0.3, 0.4) is 0 Å². The third-order valence-corrected chi connectivity index (χ3v) is 4.60. The molecule has 26 heavy (non-hydrogen) atoms. The molecule has 3 rings (SSSR count). The molecule has 0 saturated carbocycles. The van der Waals surface area contributed by atoms with E-state index in [-0.39, 0.29) is 45.7 Å². The highest BCUT2D eigenvalue weighted by molar-refractivity contribution is 8.00. The van der Waals surface area contributed by atoms with Crippen LogP contribution >= 0.6 is 11.8 Å². The van der Waals surface area contributed by atoms with E-state index in [9.17, 15) is 17.6 Å². The first kappa shape index (κ1) is 18.9. The van der Waals surface area contributed by atoms with Crippen LogP contribution in [0.15, 0.2) is 27.5 Å². The van der Waals surface area contributed by atoms with E-state index in [0.717, 1.165) is 0 Å². The summed E-state index contributed by atoms with van der Waals surface area (Å²) in [7, 11) is 0. The predicted octanol–water partition coefficient (Wildman–Crippen LogP) is 3.47. The van der Waals surface area contributed by atoms with Gasteiger partial charge in [0, 0.05) is 11.9 Å². The Labute approximate surface area is 150 Å². The zero-order valence-corrected chi connectivity index (χ0v) is 14.2. The lowest BCUT2D eigenvalue weighted by Crippen LogP contribution is -2.44. The molecule has 9 heteroatoms. The number of aliphatic hydroxyl groups is 1. The Balaban J connectivity index is 2.03. The number of para-hydroxylation sites is 1. The van der Waals surface area contributed by atoms with Gasteiger partial charge in [-0.05, 0) is 42.8 Å². The number of benzene rings is 1.